The van der Waals surface area contributed by atoms with Gasteiger partial charge in [0.25, 0.3) is 5.91 Å². The predicted molar refractivity (Wildman–Crippen MR) is 94.7 cm³/mol. The summed E-state index contributed by atoms with van der Waals surface area (Å²) in [6.45, 7) is 3.46. The lowest BCUT2D eigenvalue weighted by Crippen LogP contribution is -2.67. The normalized spacial score (nSPS) is 27.5. The highest BCUT2D eigenvalue weighted by atomic mass is 32.2. The van der Waals surface area contributed by atoms with E-state index in [1.807, 2.05) is 0 Å². The number of aromatic hydroxyl groups is 1. The number of carboxylic acid groups (broad SMARTS) is 1. The molecule has 0 unspecified atom stereocenters. The molecule has 1 aromatic rings. The number of aliphatic hydroxyl groups excluding tert-OH is 1. The first-order chi connectivity index (χ1) is 12.1. The average Bonchev–Trinajstić information content (AvgIpc) is 2.82. The standard InChI is InChI=1S/C17H20N2O6S/c1-17(2)12(16(24)25)19-13(22)10(15(19)26-17)11(21)14(23)18(3)8-4-6-9(20)7-5-8/h4-7,10-12,15,20-21H,1-3H3,(H,24,25)/t10-,11+,12+,15-/m1/s1. The van der Waals surface area contributed by atoms with E-state index < -0.39 is 46.0 Å². The number of anilines is 1. The molecule has 4 atom stereocenters. The lowest BCUT2D eigenvalue weighted by molar-refractivity contribution is -0.170. The van der Waals surface area contributed by atoms with Crippen molar-refractivity contribution in [3.05, 3.63) is 24.3 Å². The number of likely N-dealkylation sites (N-methyl/N-ethyl adjacent to an activating group) is 1. The van der Waals surface area contributed by atoms with Crippen LogP contribution in [-0.4, -0.2) is 67.3 Å². The number of nitrogens with zero attached hydrogens (tertiary/aromatic N) is 2. The van der Waals surface area contributed by atoms with Crippen LogP contribution in [0.3, 0.4) is 0 Å². The van der Waals surface area contributed by atoms with Crippen LogP contribution in [0.15, 0.2) is 24.3 Å². The summed E-state index contributed by atoms with van der Waals surface area (Å²) in [5.74, 6) is -3.22. The molecule has 2 heterocycles. The van der Waals surface area contributed by atoms with E-state index in [0.717, 1.165) is 0 Å². The Labute approximate surface area is 154 Å². The summed E-state index contributed by atoms with van der Waals surface area (Å²) < 4.78 is -0.716. The highest BCUT2D eigenvalue weighted by molar-refractivity contribution is 8.01. The van der Waals surface area contributed by atoms with Crippen LogP contribution in [0, 0.1) is 5.92 Å². The number of carbonyl (C=O) groups excluding carboxylic acids is 2. The van der Waals surface area contributed by atoms with Crippen molar-refractivity contribution in [2.24, 2.45) is 5.92 Å². The number of thioether (sulfide) groups is 1. The minimum Gasteiger partial charge on any atom is -0.508 e. The molecule has 2 aliphatic rings. The molecule has 2 aliphatic heterocycles. The maximum Gasteiger partial charge on any atom is 0.327 e. The smallest absolute Gasteiger partial charge is 0.327 e. The topological polar surface area (TPSA) is 118 Å². The van der Waals surface area contributed by atoms with Gasteiger partial charge in [0.15, 0.2) is 0 Å². The molecular weight excluding hydrogens is 360 g/mol. The molecule has 2 amide bonds. The maximum atomic E-state index is 12.6. The average molecular weight is 380 g/mol. The second-order valence-corrected chi connectivity index (χ2v) is 8.75. The zero-order chi connectivity index (χ0) is 19.4. The van der Waals surface area contributed by atoms with E-state index in [1.54, 1.807) is 13.8 Å². The minimum atomic E-state index is -1.57. The summed E-state index contributed by atoms with van der Waals surface area (Å²) in [5, 5.41) is 28.7. The number of aliphatic carboxylic acids is 1. The molecule has 9 heteroatoms. The molecule has 2 saturated heterocycles. The molecule has 2 fully saturated rings. The Bertz CT molecular complexity index is 765. The van der Waals surface area contributed by atoms with Crippen LogP contribution in [0.4, 0.5) is 5.69 Å². The maximum absolute atomic E-state index is 12.6. The molecule has 0 spiro atoms. The van der Waals surface area contributed by atoms with E-state index in [-0.39, 0.29) is 5.75 Å². The van der Waals surface area contributed by atoms with E-state index in [0.29, 0.717) is 5.69 Å². The number of carbonyl (C=O) groups is 3. The monoisotopic (exact) mass is 380 g/mol. The summed E-state index contributed by atoms with van der Waals surface area (Å²) in [5.41, 5.74) is 0.457. The van der Waals surface area contributed by atoms with Crippen molar-refractivity contribution in [2.45, 2.75) is 36.1 Å². The molecule has 0 bridgehead atoms. The molecule has 8 nitrogen and oxygen atoms in total. The van der Waals surface area contributed by atoms with Crippen LogP contribution >= 0.6 is 11.8 Å². The third-order valence-corrected chi connectivity index (χ3v) is 6.47. The van der Waals surface area contributed by atoms with Crippen LogP contribution in [0.2, 0.25) is 0 Å². The van der Waals surface area contributed by atoms with Gasteiger partial charge in [0.05, 0.1) is 5.37 Å². The number of aliphatic hydroxyl groups is 1. The Hall–Kier alpha value is -2.26. The van der Waals surface area contributed by atoms with Gasteiger partial charge in [-0.05, 0) is 38.1 Å². The molecule has 140 valence electrons. The van der Waals surface area contributed by atoms with Gasteiger partial charge >= 0.3 is 5.97 Å². The number of rotatable bonds is 4. The molecule has 0 saturated carbocycles. The SMILES string of the molecule is CN(C(=O)[C@@H](O)[C@@H]1C(=O)N2[C@@H]1SC(C)(C)[C@@H]2C(=O)O)c1ccc(O)cc1. The number of phenolic OH excluding ortho intramolecular Hbond substituents is 1. The molecule has 0 aromatic heterocycles. The van der Waals surface area contributed by atoms with E-state index >= 15 is 0 Å². The largest absolute Gasteiger partial charge is 0.508 e. The first-order valence-corrected chi connectivity index (χ1v) is 8.91. The summed E-state index contributed by atoms with van der Waals surface area (Å²) in [6.07, 6.45) is -1.57. The van der Waals surface area contributed by atoms with Gasteiger partial charge in [-0.15, -0.1) is 11.8 Å². The van der Waals surface area contributed by atoms with Crippen LogP contribution in [-0.2, 0) is 14.4 Å². The number of fused-ring (bicyclic) bond motifs is 1. The molecule has 1 aromatic carbocycles. The summed E-state index contributed by atoms with van der Waals surface area (Å²) in [4.78, 5) is 39.0. The molecule has 3 rings (SSSR count). The summed E-state index contributed by atoms with van der Waals surface area (Å²) in [6, 6.07) is 4.87. The Morgan fingerprint density at radius 1 is 1.27 bits per heavy atom. The van der Waals surface area contributed by atoms with Crippen molar-refractivity contribution < 1.29 is 29.7 Å². The molecule has 0 aliphatic carbocycles. The number of β-lactam (4-membered cyclic amide) rings is 1. The zero-order valence-corrected chi connectivity index (χ0v) is 15.3. The third kappa shape index (κ3) is 2.71. The van der Waals surface area contributed by atoms with E-state index in [9.17, 15) is 29.7 Å². The first kappa shape index (κ1) is 18.5. The molecule has 3 N–H and O–H groups in total. The van der Waals surface area contributed by atoms with Crippen molar-refractivity contribution in [1.82, 2.24) is 4.90 Å². The van der Waals surface area contributed by atoms with E-state index in [2.05, 4.69) is 0 Å². The van der Waals surface area contributed by atoms with Gasteiger partial charge in [-0.25, -0.2) is 4.79 Å². The Morgan fingerprint density at radius 2 is 1.85 bits per heavy atom. The Morgan fingerprint density at radius 3 is 2.38 bits per heavy atom. The third-order valence-electron chi connectivity index (χ3n) is 4.88. The number of hydrogen-bond donors (Lipinski definition) is 3. The van der Waals surface area contributed by atoms with Crippen molar-refractivity contribution in [2.75, 3.05) is 11.9 Å². The van der Waals surface area contributed by atoms with E-state index in [4.69, 9.17) is 0 Å². The molecule has 26 heavy (non-hydrogen) atoms. The predicted octanol–water partition coefficient (Wildman–Crippen LogP) is 0.479. The number of hydrogen-bond acceptors (Lipinski definition) is 6. The molecular formula is C17H20N2O6S. The minimum absolute atomic E-state index is 0.0456. The fourth-order valence-corrected chi connectivity index (χ4v) is 5.20. The van der Waals surface area contributed by atoms with Crippen LogP contribution < -0.4 is 4.90 Å². The van der Waals surface area contributed by atoms with Gasteiger partial charge in [0.2, 0.25) is 5.91 Å². The summed E-state index contributed by atoms with van der Waals surface area (Å²) in [7, 11) is 1.46. The second kappa shape index (κ2) is 6.17. The Balaban J connectivity index is 1.78. The van der Waals surface area contributed by atoms with Gasteiger partial charge in [0, 0.05) is 17.5 Å². The zero-order valence-electron chi connectivity index (χ0n) is 14.5. The van der Waals surface area contributed by atoms with Crippen molar-refractivity contribution in [3.8, 4) is 5.75 Å². The van der Waals surface area contributed by atoms with Gasteiger partial charge < -0.3 is 25.1 Å². The number of amides is 2. The van der Waals surface area contributed by atoms with Crippen molar-refractivity contribution in [3.63, 3.8) is 0 Å². The van der Waals surface area contributed by atoms with Crippen molar-refractivity contribution >= 4 is 35.2 Å². The van der Waals surface area contributed by atoms with Gasteiger partial charge in [-0.2, -0.15) is 0 Å². The lowest BCUT2D eigenvalue weighted by Gasteiger charge is -2.45. The number of carboxylic acids is 1. The van der Waals surface area contributed by atoms with Crippen molar-refractivity contribution in [1.29, 1.82) is 0 Å². The quantitative estimate of drug-likeness (QED) is 0.650. The Kier molecular flexibility index (Phi) is 4.40. The fraction of sp³-hybridized carbons (Fsp3) is 0.471. The van der Waals surface area contributed by atoms with Gasteiger partial charge in [-0.1, -0.05) is 0 Å². The van der Waals surface area contributed by atoms with Gasteiger partial charge in [-0.3, -0.25) is 9.59 Å². The molecule has 0 radical (unpaired) electrons. The number of benzene rings is 1. The lowest BCUT2D eigenvalue weighted by atomic mass is 9.87. The van der Waals surface area contributed by atoms with Gasteiger partial charge in [0.1, 0.15) is 23.8 Å². The van der Waals surface area contributed by atoms with Crippen LogP contribution in [0.5, 0.6) is 5.75 Å². The van der Waals surface area contributed by atoms with Crippen LogP contribution in [0.1, 0.15) is 13.8 Å². The van der Waals surface area contributed by atoms with E-state index in [1.165, 1.54) is 52.9 Å². The highest BCUT2D eigenvalue weighted by Crippen LogP contribution is 2.54. The second-order valence-electron chi connectivity index (χ2n) is 6.98. The first-order valence-electron chi connectivity index (χ1n) is 8.03. The highest BCUT2D eigenvalue weighted by Gasteiger charge is 2.66. The number of phenols is 1. The fourth-order valence-electron chi connectivity index (χ4n) is 3.49. The van der Waals surface area contributed by atoms with Crippen LogP contribution in [0.25, 0.3) is 0 Å². The summed E-state index contributed by atoms with van der Waals surface area (Å²) >= 11 is 1.28.